The molecule has 0 spiro atoms. The summed E-state index contributed by atoms with van der Waals surface area (Å²) < 4.78 is 0. The van der Waals surface area contributed by atoms with Gasteiger partial charge in [0.05, 0.1) is 11.8 Å². The number of rotatable bonds is 2. The third-order valence-corrected chi connectivity index (χ3v) is 3.01. The Hall–Kier alpha value is -1.42. The average molecular weight is 222 g/mol. The molecule has 1 aromatic carbocycles. The number of aromatic hydroxyl groups is 1. The number of phenolic OH excluding ortho intramolecular Hbond substituents is 1. The van der Waals surface area contributed by atoms with Crippen LogP contribution >= 0.6 is 0 Å². The van der Waals surface area contributed by atoms with Gasteiger partial charge >= 0.3 is 0 Å². The molecule has 1 aromatic rings. The molecule has 1 saturated heterocycles. The van der Waals surface area contributed by atoms with Crippen LogP contribution in [-0.2, 0) is 0 Å². The predicted molar refractivity (Wildman–Crippen MR) is 65.1 cm³/mol. The lowest BCUT2D eigenvalue weighted by atomic mass is 10.1. The Bertz CT molecular complexity index is 368. The number of anilines is 2. The van der Waals surface area contributed by atoms with Crippen LogP contribution < -0.4 is 10.2 Å². The van der Waals surface area contributed by atoms with E-state index in [4.69, 9.17) is 0 Å². The molecular formula is C12H18N2O2. The molecule has 0 saturated carbocycles. The molecule has 0 aliphatic carbocycles. The smallest absolute Gasteiger partial charge is 0.138 e. The SMILES string of the molecule is CNc1cc(N2CCCC(O)C2)ccc1O. The highest BCUT2D eigenvalue weighted by molar-refractivity contribution is 5.65. The molecule has 3 N–H and O–H groups in total. The van der Waals surface area contributed by atoms with Crippen LogP contribution in [0, 0.1) is 0 Å². The number of aliphatic hydroxyl groups is 1. The van der Waals surface area contributed by atoms with Crippen molar-refractivity contribution in [1.82, 2.24) is 0 Å². The van der Waals surface area contributed by atoms with Gasteiger partial charge in [0.25, 0.3) is 0 Å². The molecule has 1 heterocycles. The first-order valence-electron chi connectivity index (χ1n) is 5.64. The summed E-state index contributed by atoms with van der Waals surface area (Å²) in [5.74, 6) is 0.254. The van der Waals surface area contributed by atoms with Crippen molar-refractivity contribution in [3.05, 3.63) is 18.2 Å². The molecule has 88 valence electrons. The topological polar surface area (TPSA) is 55.7 Å². The summed E-state index contributed by atoms with van der Waals surface area (Å²) >= 11 is 0. The second-order valence-electron chi connectivity index (χ2n) is 4.19. The minimum Gasteiger partial charge on any atom is -0.506 e. The maximum Gasteiger partial charge on any atom is 0.138 e. The van der Waals surface area contributed by atoms with Gasteiger partial charge in [-0.25, -0.2) is 0 Å². The maximum atomic E-state index is 9.62. The lowest BCUT2D eigenvalue weighted by molar-refractivity contribution is 0.154. The molecule has 16 heavy (non-hydrogen) atoms. The minimum atomic E-state index is -0.236. The first kappa shape index (κ1) is 11.1. The summed E-state index contributed by atoms with van der Waals surface area (Å²) in [6.45, 7) is 1.64. The van der Waals surface area contributed by atoms with E-state index in [1.165, 1.54) is 0 Å². The van der Waals surface area contributed by atoms with Crippen LogP contribution in [0.4, 0.5) is 11.4 Å². The van der Waals surface area contributed by atoms with Gasteiger partial charge in [0.2, 0.25) is 0 Å². The summed E-state index contributed by atoms with van der Waals surface area (Å²) in [6, 6.07) is 5.48. The fraction of sp³-hybridized carbons (Fsp3) is 0.500. The second-order valence-corrected chi connectivity index (χ2v) is 4.19. The van der Waals surface area contributed by atoms with Crippen LogP contribution in [0.25, 0.3) is 0 Å². The van der Waals surface area contributed by atoms with E-state index < -0.39 is 0 Å². The van der Waals surface area contributed by atoms with Crippen molar-refractivity contribution in [1.29, 1.82) is 0 Å². The summed E-state index contributed by atoms with van der Waals surface area (Å²) in [4.78, 5) is 2.15. The highest BCUT2D eigenvalue weighted by Crippen LogP contribution is 2.29. The van der Waals surface area contributed by atoms with E-state index in [-0.39, 0.29) is 11.9 Å². The summed E-state index contributed by atoms with van der Waals surface area (Å²) in [7, 11) is 1.78. The second kappa shape index (κ2) is 4.61. The van der Waals surface area contributed by atoms with E-state index in [0.29, 0.717) is 6.54 Å². The zero-order valence-electron chi connectivity index (χ0n) is 9.48. The van der Waals surface area contributed by atoms with Crippen LogP contribution in [0.15, 0.2) is 18.2 Å². The molecule has 1 unspecified atom stereocenters. The third kappa shape index (κ3) is 2.22. The quantitative estimate of drug-likeness (QED) is 0.662. The molecule has 4 heteroatoms. The van der Waals surface area contributed by atoms with E-state index in [2.05, 4.69) is 10.2 Å². The van der Waals surface area contributed by atoms with E-state index in [0.717, 1.165) is 30.8 Å². The van der Waals surface area contributed by atoms with Gasteiger partial charge in [0.1, 0.15) is 5.75 Å². The first-order chi connectivity index (χ1) is 7.70. The molecule has 1 fully saturated rings. The lowest BCUT2D eigenvalue weighted by Gasteiger charge is -2.32. The Kier molecular flexibility index (Phi) is 3.19. The minimum absolute atomic E-state index is 0.236. The van der Waals surface area contributed by atoms with Gasteiger partial charge in [0.15, 0.2) is 0 Å². The Morgan fingerprint density at radius 1 is 1.44 bits per heavy atom. The molecule has 1 aliphatic heterocycles. The van der Waals surface area contributed by atoms with Gasteiger partial charge < -0.3 is 20.4 Å². The van der Waals surface area contributed by atoms with E-state index >= 15 is 0 Å². The van der Waals surface area contributed by atoms with Crippen molar-refractivity contribution in [3.8, 4) is 5.75 Å². The zero-order valence-corrected chi connectivity index (χ0v) is 9.48. The molecule has 4 nitrogen and oxygen atoms in total. The largest absolute Gasteiger partial charge is 0.506 e. The average Bonchev–Trinajstić information content (AvgIpc) is 2.29. The molecule has 0 aromatic heterocycles. The molecule has 0 bridgehead atoms. The van der Waals surface area contributed by atoms with Crippen molar-refractivity contribution < 1.29 is 10.2 Å². The van der Waals surface area contributed by atoms with Crippen LogP contribution in [0.1, 0.15) is 12.8 Å². The van der Waals surface area contributed by atoms with Crippen LogP contribution in [-0.4, -0.2) is 36.5 Å². The van der Waals surface area contributed by atoms with Crippen molar-refractivity contribution in [2.24, 2.45) is 0 Å². The van der Waals surface area contributed by atoms with Gasteiger partial charge in [-0.2, -0.15) is 0 Å². The van der Waals surface area contributed by atoms with Crippen molar-refractivity contribution >= 4 is 11.4 Å². The molecular weight excluding hydrogens is 204 g/mol. The normalized spacial score (nSPS) is 20.9. The van der Waals surface area contributed by atoms with Crippen LogP contribution in [0.5, 0.6) is 5.75 Å². The van der Waals surface area contributed by atoms with Gasteiger partial charge in [-0.1, -0.05) is 0 Å². The fourth-order valence-electron chi connectivity index (χ4n) is 2.11. The standard InChI is InChI=1S/C12H18N2O2/c1-13-11-7-9(4-5-12(11)16)14-6-2-3-10(15)8-14/h4-5,7,10,13,15-16H,2-3,6,8H2,1H3. The van der Waals surface area contributed by atoms with Gasteiger partial charge in [-0.3, -0.25) is 0 Å². The monoisotopic (exact) mass is 222 g/mol. The summed E-state index contributed by atoms with van der Waals surface area (Å²) in [6.07, 6.45) is 1.66. The van der Waals surface area contributed by atoms with Crippen molar-refractivity contribution in [2.75, 3.05) is 30.4 Å². The number of piperidine rings is 1. The maximum absolute atomic E-state index is 9.62. The Balaban J connectivity index is 2.19. The van der Waals surface area contributed by atoms with Crippen molar-refractivity contribution in [3.63, 3.8) is 0 Å². The highest BCUT2D eigenvalue weighted by atomic mass is 16.3. The number of nitrogens with zero attached hydrogens (tertiary/aromatic N) is 1. The number of aliphatic hydroxyl groups excluding tert-OH is 1. The Morgan fingerprint density at radius 3 is 2.94 bits per heavy atom. The van der Waals surface area contributed by atoms with E-state index in [9.17, 15) is 10.2 Å². The number of phenols is 1. The molecule has 1 aliphatic rings. The number of benzene rings is 1. The summed E-state index contributed by atoms with van der Waals surface area (Å²) in [5, 5.41) is 22.1. The zero-order chi connectivity index (χ0) is 11.5. The van der Waals surface area contributed by atoms with Crippen LogP contribution in [0.3, 0.4) is 0 Å². The summed E-state index contributed by atoms with van der Waals surface area (Å²) in [5.41, 5.74) is 1.76. The Morgan fingerprint density at radius 2 is 2.25 bits per heavy atom. The van der Waals surface area contributed by atoms with Gasteiger partial charge in [-0.05, 0) is 31.0 Å². The Labute approximate surface area is 95.5 Å². The van der Waals surface area contributed by atoms with Gasteiger partial charge in [0, 0.05) is 25.8 Å². The number of β-amino-alcohol motifs (C(OH)–C–C–N with tert-alkyl or cyclic N) is 1. The molecule has 2 rings (SSSR count). The molecule has 0 amide bonds. The van der Waals surface area contributed by atoms with Gasteiger partial charge in [-0.15, -0.1) is 0 Å². The van der Waals surface area contributed by atoms with E-state index in [1.807, 2.05) is 12.1 Å². The predicted octanol–water partition coefficient (Wildman–Crippen LogP) is 1.39. The third-order valence-electron chi connectivity index (χ3n) is 3.01. The van der Waals surface area contributed by atoms with E-state index in [1.54, 1.807) is 13.1 Å². The fourth-order valence-corrected chi connectivity index (χ4v) is 2.11. The number of hydrogen-bond acceptors (Lipinski definition) is 4. The number of hydrogen-bond donors (Lipinski definition) is 3. The highest BCUT2D eigenvalue weighted by Gasteiger charge is 2.18. The van der Waals surface area contributed by atoms with Crippen LogP contribution in [0.2, 0.25) is 0 Å². The van der Waals surface area contributed by atoms with Crippen molar-refractivity contribution in [2.45, 2.75) is 18.9 Å². The number of nitrogens with one attached hydrogen (secondary N) is 1. The molecule has 1 atom stereocenters. The molecule has 0 radical (unpaired) electrons. The lowest BCUT2D eigenvalue weighted by Crippen LogP contribution is -2.38. The first-order valence-corrected chi connectivity index (χ1v) is 5.64.